The van der Waals surface area contributed by atoms with Crippen LogP contribution in [0.4, 0.5) is 0 Å². The van der Waals surface area contributed by atoms with Crippen molar-refractivity contribution in [2.45, 2.75) is 25.4 Å². The fourth-order valence-electron chi connectivity index (χ4n) is 3.92. The zero-order chi connectivity index (χ0) is 17.9. The first-order valence-corrected chi connectivity index (χ1v) is 9.34. The molecular formula is C21H24N2O3. The van der Waals surface area contributed by atoms with E-state index in [2.05, 4.69) is 36.4 Å². The number of rotatable bonds is 4. The SMILES string of the molecule is O=C1CCCN1CC(=O)N1CCO[C@H](Cc2cccc3ccccc23)C1. The molecule has 2 amide bonds. The number of amides is 2. The molecule has 5 nitrogen and oxygen atoms in total. The van der Waals surface area contributed by atoms with Crippen molar-refractivity contribution in [1.29, 1.82) is 0 Å². The van der Waals surface area contributed by atoms with Gasteiger partial charge < -0.3 is 14.5 Å². The van der Waals surface area contributed by atoms with E-state index in [-0.39, 0.29) is 24.5 Å². The van der Waals surface area contributed by atoms with Crippen LogP contribution < -0.4 is 0 Å². The number of likely N-dealkylation sites (tertiary alicyclic amines) is 1. The summed E-state index contributed by atoms with van der Waals surface area (Å²) in [7, 11) is 0. The minimum atomic E-state index is -0.00668. The van der Waals surface area contributed by atoms with Gasteiger partial charge in [0, 0.05) is 32.5 Å². The van der Waals surface area contributed by atoms with Crippen molar-refractivity contribution in [2.75, 3.05) is 32.8 Å². The van der Waals surface area contributed by atoms with Gasteiger partial charge in [0.1, 0.15) is 0 Å². The maximum absolute atomic E-state index is 12.6. The van der Waals surface area contributed by atoms with Crippen LogP contribution >= 0.6 is 0 Å². The van der Waals surface area contributed by atoms with Crippen LogP contribution in [0.15, 0.2) is 42.5 Å². The van der Waals surface area contributed by atoms with Crippen LogP contribution in [-0.2, 0) is 20.7 Å². The summed E-state index contributed by atoms with van der Waals surface area (Å²) in [6.07, 6.45) is 2.21. The Morgan fingerprint density at radius 1 is 1.12 bits per heavy atom. The Balaban J connectivity index is 1.41. The van der Waals surface area contributed by atoms with Gasteiger partial charge in [-0.1, -0.05) is 42.5 Å². The highest BCUT2D eigenvalue weighted by Crippen LogP contribution is 2.22. The van der Waals surface area contributed by atoms with Gasteiger partial charge >= 0.3 is 0 Å². The van der Waals surface area contributed by atoms with E-state index >= 15 is 0 Å². The molecule has 2 saturated heterocycles. The number of morpholine rings is 1. The van der Waals surface area contributed by atoms with E-state index in [4.69, 9.17) is 4.74 Å². The second-order valence-corrected chi connectivity index (χ2v) is 7.09. The second-order valence-electron chi connectivity index (χ2n) is 7.09. The number of benzene rings is 2. The Morgan fingerprint density at radius 3 is 2.81 bits per heavy atom. The molecule has 1 atom stereocenters. The Labute approximate surface area is 153 Å². The van der Waals surface area contributed by atoms with Crippen LogP contribution in [0.3, 0.4) is 0 Å². The molecule has 136 valence electrons. The molecule has 2 heterocycles. The Morgan fingerprint density at radius 2 is 1.96 bits per heavy atom. The Hall–Kier alpha value is -2.40. The lowest BCUT2D eigenvalue weighted by Crippen LogP contribution is -2.49. The lowest BCUT2D eigenvalue weighted by molar-refractivity contribution is -0.143. The molecule has 0 saturated carbocycles. The third kappa shape index (κ3) is 3.58. The van der Waals surface area contributed by atoms with Gasteiger partial charge in [0.2, 0.25) is 11.8 Å². The summed E-state index contributed by atoms with van der Waals surface area (Å²) in [6.45, 7) is 2.65. The van der Waals surface area contributed by atoms with Crippen molar-refractivity contribution in [1.82, 2.24) is 9.80 Å². The van der Waals surface area contributed by atoms with E-state index in [1.165, 1.54) is 16.3 Å². The molecule has 0 N–H and O–H groups in total. The number of fused-ring (bicyclic) bond motifs is 1. The zero-order valence-electron chi connectivity index (χ0n) is 14.9. The summed E-state index contributed by atoms with van der Waals surface area (Å²) in [5.41, 5.74) is 1.25. The molecule has 2 aliphatic rings. The predicted molar refractivity (Wildman–Crippen MR) is 99.8 cm³/mol. The van der Waals surface area contributed by atoms with Crippen LogP contribution in [0.1, 0.15) is 18.4 Å². The van der Waals surface area contributed by atoms with Gasteiger partial charge in [-0.15, -0.1) is 0 Å². The largest absolute Gasteiger partial charge is 0.374 e. The van der Waals surface area contributed by atoms with Gasteiger partial charge in [-0.2, -0.15) is 0 Å². The smallest absolute Gasteiger partial charge is 0.242 e. The highest BCUT2D eigenvalue weighted by Gasteiger charge is 2.28. The normalized spacial score (nSPS) is 20.8. The van der Waals surface area contributed by atoms with E-state index in [0.29, 0.717) is 32.7 Å². The van der Waals surface area contributed by atoms with Gasteiger partial charge in [0.25, 0.3) is 0 Å². The van der Waals surface area contributed by atoms with Crippen molar-refractivity contribution >= 4 is 22.6 Å². The topological polar surface area (TPSA) is 49.9 Å². The first-order chi connectivity index (χ1) is 12.7. The summed E-state index contributed by atoms with van der Waals surface area (Å²) >= 11 is 0. The van der Waals surface area contributed by atoms with Crippen molar-refractivity contribution in [2.24, 2.45) is 0 Å². The van der Waals surface area contributed by atoms with Crippen LogP contribution in [0.5, 0.6) is 0 Å². The lowest BCUT2D eigenvalue weighted by Gasteiger charge is -2.34. The minimum Gasteiger partial charge on any atom is -0.374 e. The minimum absolute atomic E-state index is 0.00668. The summed E-state index contributed by atoms with van der Waals surface area (Å²) in [5, 5.41) is 2.46. The maximum atomic E-state index is 12.6. The van der Waals surface area contributed by atoms with Crippen LogP contribution in [0, 0.1) is 0 Å². The van der Waals surface area contributed by atoms with Gasteiger partial charge in [0.05, 0.1) is 19.3 Å². The monoisotopic (exact) mass is 352 g/mol. The molecule has 2 aromatic rings. The first-order valence-electron chi connectivity index (χ1n) is 9.34. The van der Waals surface area contributed by atoms with Gasteiger partial charge in [-0.05, 0) is 22.8 Å². The molecule has 26 heavy (non-hydrogen) atoms. The fraction of sp³-hybridized carbons (Fsp3) is 0.429. The summed E-state index contributed by atoms with van der Waals surface area (Å²) in [5.74, 6) is 0.130. The van der Waals surface area contributed by atoms with Crippen molar-refractivity contribution < 1.29 is 14.3 Å². The van der Waals surface area contributed by atoms with Crippen molar-refractivity contribution in [3.05, 3.63) is 48.0 Å². The predicted octanol–water partition coefficient (Wildman–Crippen LogP) is 2.23. The van der Waals surface area contributed by atoms with Gasteiger partial charge in [-0.3, -0.25) is 9.59 Å². The van der Waals surface area contributed by atoms with E-state index in [0.717, 1.165) is 12.8 Å². The number of hydrogen-bond donors (Lipinski definition) is 0. The maximum Gasteiger partial charge on any atom is 0.242 e. The zero-order valence-corrected chi connectivity index (χ0v) is 14.9. The number of carbonyl (C=O) groups is 2. The van der Waals surface area contributed by atoms with E-state index < -0.39 is 0 Å². The Bertz CT molecular complexity index is 815. The molecule has 2 aliphatic heterocycles. The van der Waals surface area contributed by atoms with Crippen LogP contribution in [-0.4, -0.2) is 60.5 Å². The molecule has 0 aliphatic carbocycles. The third-order valence-corrected chi connectivity index (χ3v) is 5.32. The van der Waals surface area contributed by atoms with Crippen LogP contribution in [0.2, 0.25) is 0 Å². The van der Waals surface area contributed by atoms with E-state index in [1.807, 2.05) is 11.0 Å². The average molecular weight is 352 g/mol. The van der Waals surface area contributed by atoms with Crippen molar-refractivity contribution in [3.8, 4) is 0 Å². The fourth-order valence-corrected chi connectivity index (χ4v) is 3.92. The highest BCUT2D eigenvalue weighted by atomic mass is 16.5. The molecular weight excluding hydrogens is 328 g/mol. The number of ether oxygens (including phenoxy) is 1. The molecule has 5 heteroatoms. The van der Waals surface area contributed by atoms with Crippen LogP contribution in [0.25, 0.3) is 10.8 Å². The Kier molecular flexibility index (Phi) is 4.89. The third-order valence-electron chi connectivity index (χ3n) is 5.32. The first kappa shape index (κ1) is 17.0. The molecule has 2 fully saturated rings. The quantitative estimate of drug-likeness (QED) is 0.848. The van der Waals surface area contributed by atoms with Gasteiger partial charge in [-0.25, -0.2) is 0 Å². The number of hydrogen-bond acceptors (Lipinski definition) is 3. The highest BCUT2D eigenvalue weighted by molar-refractivity contribution is 5.86. The summed E-state index contributed by atoms with van der Waals surface area (Å²) < 4.78 is 5.93. The molecule has 0 radical (unpaired) electrons. The number of nitrogens with zero attached hydrogens (tertiary/aromatic N) is 2. The molecule has 0 aromatic heterocycles. The van der Waals surface area contributed by atoms with E-state index in [1.54, 1.807) is 4.90 Å². The molecule has 2 aromatic carbocycles. The lowest BCUT2D eigenvalue weighted by atomic mass is 9.99. The van der Waals surface area contributed by atoms with E-state index in [9.17, 15) is 9.59 Å². The summed E-state index contributed by atoms with van der Waals surface area (Å²) in [4.78, 5) is 27.9. The molecule has 0 bridgehead atoms. The molecule has 0 spiro atoms. The second kappa shape index (κ2) is 7.46. The average Bonchev–Trinajstić information content (AvgIpc) is 3.07. The number of carbonyl (C=O) groups excluding carboxylic acids is 2. The van der Waals surface area contributed by atoms with Crippen molar-refractivity contribution in [3.63, 3.8) is 0 Å². The van der Waals surface area contributed by atoms with Gasteiger partial charge in [0.15, 0.2) is 0 Å². The molecule has 4 rings (SSSR count). The standard InChI is InChI=1S/C21H24N2O3/c24-20-9-4-10-22(20)15-21(25)23-11-12-26-18(14-23)13-17-7-3-6-16-5-1-2-8-19(16)17/h1-3,5-8,18H,4,9-15H2/t18-/m1/s1. The summed E-state index contributed by atoms with van der Waals surface area (Å²) in [6, 6.07) is 14.7. The molecule has 0 unspecified atom stereocenters.